The molecule has 0 bridgehead atoms. The number of hydrogen-bond acceptors (Lipinski definition) is 3. The van der Waals surface area contributed by atoms with Crippen LogP contribution in [0.4, 0.5) is 4.39 Å². The molecule has 1 N–H and O–H groups in total. The first kappa shape index (κ1) is 18.7. The van der Waals surface area contributed by atoms with Crippen LogP contribution in [-0.4, -0.2) is 27.6 Å². The average molecular weight is 401 g/mol. The van der Waals surface area contributed by atoms with E-state index in [1.807, 2.05) is 25.2 Å². The van der Waals surface area contributed by atoms with Gasteiger partial charge in [0.25, 0.3) is 0 Å². The molecule has 1 aromatic heterocycles. The second-order valence-electron chi connectivity index (χ2n) is 7.06. The number of aromatic carboxylic acids is 1. The van der Waals surface area contributed by atoms with Crippen molar-refractivity contribution in [3.8, 4) is 11.1 Å². The fourth-order valence-electron chi connectivity index (χ4n) is 3.87. The van der Waals surface area contributed by atoms with Crippen LogP contribution in [0.5, 0.6) is 0 Å². The molecule has 4 rings (SSSR count). The predicted octanol–water partition coefficient (Wildman–Crippen LogP) is 4.12. The molecule has 1 aliphatic rings. The van der Waals surface area contributed by atoms with Crippen LogP contribution >= 0.6 is 11.6 Å². The van der Waals surface area contributed by atoms with Gasteiger partial charge in [0.1, 0.15) is 11.4 Å². The molecule has 7 heteroatoms. The van der Waals surface area contributed by atoms with Crippen LogP contribution in [0.1, 0.15) is 28.4 Å². The van der Waals surface area contributed by atoms with E-state index in [9.17, 15) is 14.7 Å². The van der Waals surface area contributed by atoms with Gasteiger partial charge in [0.2, 0.25) is 5.43 Å². The Morgan fingerprint density at radius 3 is 2.64 bits per heavy atom. The number of carbonyl (C=O) groups is 1. The van der Waals surface area contributed by atoms with Gasteiger partial charge in [-0.2, -0.15) is 0 Å². The first-order valence-corrected chi connectivity index (χ1v) is 9.28. The number of benzene rings is 2. The maximum Gasteiger partial charge on any atom is 0.341 e. The summed E-state index contributed by atoms with van der Waals surface area (Å²) in [5.74, 6) is -2.00. The third kappa shape index (κ3) is 2.80. The molecule has 2 heterocycles. The quantitative estimate of drug-likeness (QED) is 0.718. The van der Waals surface area contributed by atoms with Gasteiger partial charge < -0.3 is 9.67 Å². The maximum atomic E-state index is 15.1. The highest BCUT2D eigenvalue weighted by Gasteiger charge is 2.23. The van der Waals surface area contributed by atoms with E-state index in [0.717, 1.165) is 24.7 Å². The van der Waals surface area contributed by atoms with E-state index in [-0.39, 0.29) is 16.0 Å². The first-order chi connectivity index (χ1) is 13.3. The highest BCUT2D eigenvalue weighted by molar-refractivity contribution is 6.38. The van der Waals surface area contributed by atoms with Gasteiger partial charge in [0.15, 0.2) is 0 Å². The molecule has 0 saturated heterocycles. The maximum absolute atomic E-state index is 15.1. The highest BCUT2D eigenvalue weighted by atomic mass is 35.5. The standard InChI is InChI=1S/C21H18ClFN2O3/c1-3-25-10-15(21(27)28)20(26)14-7-16(23)17(18(22)19(14)25)11-4-5-12-8-24(2)9-13(12)6-11/h4-7,10H,3,8-9H2,1-2H3,(H,27,28). The van der Waals surface area contributed by atoms with Crippen LogP contribution in [0.15, 0.2) is 35.3 Å². The lowest BCUT2D eigenvalue weighted by molar-refractivity contribution is 0.0695. The summed E-state index contributed by atoms with van der Waals surface area (Å²) in [4.78, 5) is 26.1. The second kappa shape index (κ2) is 6.72. The normalized spacial score (nSPS) is 13.9. The topological polar surface area (TPSA) is 62.5 Å². The molecule has 0 aliphatic carbocycles. The number of halogens is 2. The molecule has 0 amide bonds. The minimum absolute atomic E-state index is 0.0334. The first-order valence-electron chi connectivity index (χ1n) is 8.91. The Labute approximate surface area is 165 Å². The van der Waals surface area contributed by atoms with E-state index in [4.69, 9.17) is 11.6 Å². The number of rotatable bonds is 3. The van der Waals surface area contributed by atoms with E-state index in [0.29, 0.717) is 17.6 Å². The van der Waals surface area contributed by atoms with E-state index in [1.54, 1.807) is 11.5 Å². The molecule has 28 heavy (non-hydrogen) atoms. The molecule has 2 aromatic carbocycles. The molecule has 0 unspecified atom stereocenters. The average Bonchev–Trinajstić information content (AvgIpc) is 3.01. The zero-order chi connectivity index (χ0) is 20.2. The minimum atomic E-state index is -1.35. The molecular formula is C21H18ClFN2O3. The number of hydrogen-bond donors (Lipinski definition) is 1. The van der Waals surface area contributed by atoms with Gasteiger partial charge in [-0.25, -0.2) is 9.18 Å². The summed E-state index contributed by atoms with van der Waals surface area (Å²) >= 11 is 6.59. The van der Waals surface area contributed by atoms with Gasteiger partial charge in [-0.05, 0) is 42.8 Å². The van der Waals surface area contributed by atoms with Crippen molar-refractivity contribution < 1.29 is 14.3 Å². The van der Waals surface area contributed by atoms with E-state index in [1.165, 1.54) is 11.8 Å². The van der Waals surface area contributed by atoms with E-state index >= 15 is 4.39 Å². The van der Waals surface area contributed by atoms with Crippen LogP contribution in [0, 0.1) is 5.82 Å². The Balaban J connectivity index is 2.02. The van der Waals surface area contributed by atoms with Gasteiger partial charge in [-0.15, -0.1) is 0 Å². The van der Waals surface area contributed by atoms with Crippen LogP contribution in [0.2, 0.25) is 5.02 Å². The van der Waals surface area contributed by atoms with E-state index < -0.39 is 22.8 Å². The number of pyridine rings is 1. The van der Waals surface area contributed by atoms with Crippen molar-refractivity contribution in [1.29, 1.82) is 0 Å². The molecule has 0 saturated carbocycles. The largest absolute Gasteiger partial charge is 0.477 e. The highest BCUT2D eigenvalue weighted by Crippen LogP contribution is 2.38. The molecule has 0 atom stereocenters. The van der Waals surface area contributed by atoms with Crippen LogP contribution in [0.3, 0.4) is 0 Å². The van der Waals surface area contributed by atoms with Crippen molar-refractivity contribution in [3.63, 3.8) is 0 Å². The molecule has 3 aromatic rings. The molecule has 0 radical (unpaired) electrons. The number of nitrogens with zero attached hydrogens (tertiary/aromatic N) is 2. The van der Waals surface area contributed by atoms with Crippen LogP contribution in [-0.2, 0) is 19.6 Å². The predicted molar refractivity (Wildman–Crippen MR) is 106 cm³/mol. The van der Waals surface area contributed by atoms with Crippen LogP contribution < -0.4 is 5.43 Å². The van der Waals surface area contributed by atoms with Crippen molar-refractivity contribution in [1.82, 2.24) is 9.47 Å². The van der Waals surface area contributed by atoms with Crippen molar-refractivity contribution in [3.05, 3.63) is 68.2 Å². The van der Waals surface area contributed by atoms with Crippen molar-refractivity contribution >= 4 is 28.5 Å². The summed E-state index contributed by atoms with van der Waals surface area (Å²) < 4.78 is 16.6. The Kier molecular flexibility index (Phi) is 4.48. The molecular weight excluding hydrogens is 383 g/mol. The summed E-state index contributed by atoms with van der Waals surface area (Å²) in [6.45, 7) is 3.81. The van der Waals surface area contributed by atoms with Crippen molar-refractivity contribution in [2.24, 2.45) is 0 Å². The van der Waals surface area contributed by atoms with Crippen molar-refractivity contribution in [2.75, 3.05) is 7.05 Å². The summed E-state index contributed by atoms with van der Waals surface area (Å²) in [5, 5.41) is 9.36. The molecule has 1 aliphatic heterocycles. The number of fused-ring (bicyclic) bond motifs is 2. The third-order valence-electron chi connectivity index (χ3n) is 5.20. The zero-order valence-corrected chi connectivity index (χ0v) is 16.2. The number of aryl methyl sites for hydroxylation is 1. The molecule has 144 valence electrons. The number of carboxylic acid groups (broad SMARTS) is 1. The summed E-state index contributed by atoms with van der Waals surface area (Å²) in [5.41, 5.74) is 2.36. The zero-order valence-electron chi connectivity index (χ0n) is 15.4. The lowest BCUT2D eigenvalue weighted by atomic mass is 9.98. The van der Waals surface area contributed by atoms with Gasteiger partial charge in [0.05, 0.1) is 15.9 Å². The van der Waals surface area contributed by atoms with Gasteiger partial charge in [-0.3, -0.25) is 9.69 Å². The molecule has 0 fully saturated rings. The summed E-state index contributed by atoms with van der Waals surface area (Å²) in [6, 6.07) is 6.81. The van der Waals surface area contributed by atoms with Gasteiger partial charge >= 0.3 is 5.97 Å². The molecule has 0 spiro atoms. The Morgan fingerprint density at radius 1 is 1.25 bits per heavy atom. The van der Waals surface area contributed by atoms with Gasteiger partial charge in [-0.1, -0.05) is 23.7 Å². The Morgan fingerprint density at radius 2 is 1.96 bits per heavy atom. The Bertz CT molecular complexity index is 1200. The monoisotopic (exact) mass is 400 g/mol. The SMILES string of the molecule is CCn1cc(C(=O)O)c(=O)c2cc(F)c(-c3ccc4c(c3)CN(C)C4)c(Cl)c21. The third-order valence-corrected chi connectivity index (χ3v) is 5.57. The number of carboxylic acids is 1. The van der Waals surface area contributed by atoms with Crippen LogP contribution in [0.25, 0.3) is 22.0 Å². The summed E-state index contributed by atoms with van der Waals surface area (Å²) in [7, 11) is 2.02. The van der Waals surface area contributed by atoms with Gasteiger partial charge in [0, 0.05) is 31.4 Å². The fourth-order valence-corrected chi connectivity index (χ4v) is 4.28. The Hall–Kier alpha value is -2.70. The second-order valence-corrected chi connectivity index (χ2v) is 7.44. The van der Waals surface area contributed by atoms with E-state index in [2.05, 4.69) is 4.90 Å². The lowest BCUT2D eigenvalue weighted by Gasteiger charge is -2.16. The minimum Gasteiger partial charge on any atom is -0.477 e. The number of aromatic nitrogens is 1. The fraction of sp³-hybridized carbons (Fsp3) is 0.238. The molecule has 5 nitrogen and oxygen atoms in total. The lowest BCUT2D eigenvalue weighted by Crippen LogP contribution is -2.19. The summed E-state index contributed by atoms with van der Waals surface area (Å²) in [6.07, 6.45) is 1.26. The smallest absolute Gasteiger partial charge is 0.341 e. The van der Waals surface area contributed by atoms with Crippen molar-refractivity contribution in [2.45, 2.75) is 26.6 Å².